The van der Waals surface area contributed by atoms with Crippen LogP contribution in [-0.2, 0) is 6.42 Å². The molecule has 0 aliphatic carbocycles. The average molecular weight is 388 g/mol. The molecule has 29 heavy (non-hydrogen) atoms. The summed E-state index contributed by atoms with van der Waals surface area (Å²) in [5.74, 6) is -1.09. The molecule has 0 atom stereocenters. The molecular weight excluding hydrogens is 367 g/mol. The van der Waals surface area contributed by atoms with Crippen LogP contribution in [0.3, 0.4) is 0 Å². The smallest absolute Gasteiger partial charge is 0.261 e. The molecule has 0 spiro atoms. The molecule has 1 heterocycles. The maximum atomic E-state index is 14.1. The van der Waals surface area contributed by atoms with Crippen LogP contribution in [0.1, 0.15) is 38.3 Å². The van der Waals surface area contributed by atoms with Crippen molar-refractivity contribution in [1.82, 2.24) is 0 Å². The maximum absolute atomic E-state index is 14.1. The quantitative estimate of drug-likeness (QED) is 0.688. The Bertz CT molecular complexity index is 1080. The van der Waals surface area contributed by atoms with Crippen LogP contribution in [0.5, 0.6) is 0 Å². The molecule has 0 unspecified atom stereocenters. The topological polar surface area (TPSA) is 49.4 Å². The van der Waals surface area contributed by atoms with E-state index in [1.54, 1.807) is 29.2 Å². The van der Waals surface area contributed by atoms with Crippen LogP contribution in [0, 0.1) is 12.7 Å². The lowest BCUT2D eigenvalue weighted by molar-refractivity contribution is 0.0980. The van der Waals surface area contributed by atoms with Gasteiger partial charge in [0.2, 0.25) is 0 Å². The summed E-state index contributed by atoms with van der Waals surface area (Å²) in [6, 6.07) is 18.9. The van der Waals surface area contributed by atoms with Crippen molar-refractivity contribution < 1.29 is 14.0 Å². The molecule has 0 bridgehead atoms. The van der Waals surface area contributed by atoms with Crippen LogP contribution < -0.4 is 10.2 Å². The van der Waals surface area contributed by atoms with Gasteiger partial charge in [-0.25, -0.2) is 4.39 Å². The largest absolute Gasteiger partial charge is 0.322 e. The van der Waals surface area contributed by atoms with Crippen molar-refractivity contribution in [3.05, 3.63) is 94.8 Å². The first-order valence-electron chi connectivity index (χ1n) is 9.60. The van der Waals surface area contributed by atoms with E-state index in [4.69, 9.17) is 0 Å². The number of hydrogen-bond donors (Lipinski definition) is 1. The number of halogens is 1. The van der Waals surface area contributed by atoms with Crippen LogP contribution in [0.2, 0.25) is 0 Å². The standard InChI is InChI=1S/C24H21FN2O2/c1-16-8-11-19(12-9-16)26-23(28)18-10-13-22-17(15-18)5-4-14-27(22)24(29)20-6-2-3-7-21(20)25/h2-3,6-13,15H,4-5,14H2,1H3,(H,26,28). The molecule has 3 aromatic carbocycles. The highest BCUT2D eigenvalue weighted by Gasteiger charge is 2.26. The van der Waals surface area contributed by atoms with Gasteiger partial charge in [0.1, 0.15) is 5.82 Å². The average Bonchev–Trinajstić information content (AvgIpc) is 2.74. The molecule has 0 fully saturated rings. The van der Waals surface area contributed by atoms with E-state index >= 15 is 0 Å². The number of aryl methyl sites for hydroxylation is 2. The summed E-state index contributed by atoms with van der Waals surface area (Å²) in [7, 11) is 0. The number of nitrogens with one attached hydrogen (secondary N) is 1. The normalized spacial score (nSPS) is 13.0. The Hall–Kier alpha value is -3.47. The van der Waals surface area contributed by atoms with Gasteiger partial charge in [0.25, 0.3) is 11.8 Å². The first-order valence-corrected chi connectivity index (χ1v) is 9.60. The summed E-state index contributed by atoms with van der Waals surface area (Å²) in [4.78, 5) is 27.1. The lowest BCUT2D eigenvalue weighted by Gasteiger charge is -2.30. The highest BCUT2D eigenvalue weighted by molar-refractivity contribution is 6.08. The Morgan fingerprint density at radius 3 is 2.52 bits per heavy atom. The van der Waals surface area contributed by atoms with Crippen molar-refractivity contribution in [2.24, 2.45) is 0 Å². The number of hydrogen-bond acceptors (Lipinski definition) is 2. The van der Waals surface area contributed by atoms with Crippen molar-refractivity contribution in [1.29, 1.82) is 0 Å². The van der Waals surface area contributed by atoms with E-state index in [-0.39, 0.29) is 17.4 Å². The number of anilines is 2. The second-order valence-corrected chi connectivity index (χ2v) is 7.20. The van der Waals surface area contributed by atoms with Gasteiger partial charge in [-0.2, -0.15) is 0 Å². The van der Waals surface area contributed by atoms with Crippen molar-refractivity contribution >= 4 is 23.2 Å². The van der Waals surface area contributed by atoms with E-state index in [2.05, 4.69) is 5.32 Å². The van der Waals surface area contributed by atoms with Gasteiger partial charge in [-0.15, -0.1) is 0 Å². The third-order valence-electron chi connectivity index (χ3n) is 5.12. The number of amides is 2. The van der Waals surface area contributed by atoms with E-state index in [0.717, 1.165) is 35.3 Å². The van der Waals surface area contributed by atoms with Gasteiger partial charge in [-0.05, 0) is 67.8 Å². The maximum Gasteiger partial charge on any atom is 0.261 e. The summed E-state index contributed by atoms with van der Waals surface area (Å²) in [5, 5.41) is 2.89. The molecule has 1 aliphatic heterocycles. The molecule has 1 N–H and O–H groups in total. The number of benzene rings is 3. The summed E-state index contributed by atoms with van der Waals surface area (Å²) in [6.07, 6.45) is 1.53. The minimum Gasteiger partial charge on any atom is -0.322 e. The van der Waals surface area contributed by atoms with Gasteiger partial charge in [-0.1, -0.05) is 29.8 Å². The van der Waals surface area contributed by atoms with Gasteiger partial charge in [0.15, 0.2) is 0 Å². The van der Waals surface area contributed by atoms with Crippen molar-refractivity contribution in [2.75, 3.05) is 16.8 Å². The Balaban J connectivity index is 1.58. The fourth-order valence-electron chi connectivity index (χ4n) is 3.57. The SMILES string of the molecule is Cc1ccc(NC(=O)c2ccc3c(c2)CCCN3C(=O)c2ccccc2F)cc1. The molecule has 4 nitrogen and oxygen atoms in total. The highest BCUT2D eigenvalue weighted by Crippen LogP contribution is 2.30. The number of carbonyl (C=O) groups excluding carboxylic acids is 2. The summed E-state index contributed by atoms with van der Waals surface area (Å²) < 4.78 is 14.1. The van der Waals surface area contributed by atoms with Gasteiger partial charge in [-0.3, -0.25) is 9.59 Å². The van der Waals surface area contributed by atoms with Crippen LogP contribution in [0.25, 0.3) is 0 Å². The van der Waals surface area contributed by atoms with E-state index in [1.165, 1.54) is 12.1 Å². The fourth-order valence-corrected chi connectivity index (χ4v) is 3.57. The highest BCUT2D eigenvalue weighted by atomic mass is 19.1. The van der Waals surface area contributed by atoms with Crippen LogP contribution >= 0.6 is 0 Å². The lowest BCUT2D eigenvalue weighted by Crippen LogP contribution is -2.36. The van der Waals surface area contributed by atoms with Crippen LogP contribution in [-0.4, -0.2) is 18.4 Å². The molecule has 0 saturated heterocycles. The van der Waals surface area contributed by atoms with Crippen molar-refractivity contribution in [3.63, 3.8) is 0 Å². The molecule has 1 aliphatic rings. The van der Waals surface area contributed by atoms with Crippen molar-refractivity contribution in [3.8, 4) is 0 Å². The first kappa shape index (κ1) is 18.9. The lowest BCUT2D eigenvalue weighted by atomic mass is 9.98. The monoisotopic (exact) mass is 388 g/mol. The number of fused-ring (bicyclic) bond motifs is 1. The number of carbonyl (C=O) groups is 2. The minimum atomic E-state index is -0.529. The summed E-state index contributed by atoms with van der Waals surface area (Å²) in [5.41, 5.74) is 4.09. The Morgan fingerprint density at radius 2 is 1.76 bits per heavy atom. The summed E-state index contributed by atoms with van der Waals surface area (Å²) in [6.45, 7) is 2.51. The zero-order chi connectivity index (χ0) is 20.4. The van der Waals surface area contributed by atoms with Gasteiger partial charge >= 0.3 is 0 Å². The molecule has 2 amide bonds. The molecule has 5 heteroatoms. The second-order valence-electron chi connectivity index (χ2n) is 7.20. The zero-order valence-corrected chi connectivity index (χ0v) is 16.1. The van der Waals surface area contributed by atoms with Crippen LogP contribution in [0.15, 0.2) is 66.7 Å². The fraction of sp³-hybridized carbons (Fsp3) is 0.167. The number of nitrogens with zero attached hydrogens (tertiary/aromatic N) is 1. The zero-order valence-electron chi connectivity index (χ0n) is 16.1. The van der Waals surface area contributed by atoms with E-state index < -0.39 is 5.82 Å². The van der Waals surface area contributed by atoms with E-state index in [9.17, 15) is 14.0 Å². The molecular formula is C24H21FN2O2. The Morgan fingerprint density at radius 1 is 1.00 bits per heavy atom. The first-order chi connectivity index (χ1) is 14.0. The van der Waals surface area contributed by atoms with Crippen LogP contribution in [0.4, 0.5) is 15.8 Å². The molecule has 3 aromatic rings. The number of rotatable bonds is 3. The molecule has 0 aromatic heterocycles. The van der Waals surface area contributed by atoms with Gasteiger partial charge in [0.05, 0.1) is 5.56 Å². The third-order valence-corrected chi connectivity index (χ3v) is 5.12. The Kier molecular flexibility index (Phi) is 5.12. The van der Waals surface area contributed by atoms with E-state index in [1.807, 2.05) is 37.3 Å². The third kappa shape index (κ3) is 3.90. The molecule has 0 saturated carbocycles. The minimum absolute atomic E-state index is 0.0570. The predicted molar refractivity (Wildman–Crippen MR) is 112 cm³/mol. The van der Waals surface area contributed by atoms with Gasteiger partial charge < -0.3 is 10.2 Å². The predicted octanol–water partition coefficient (Wildman–Crippen LogP) is 4.98. The van der Waals surface area contributed by atoms with E-state index in [0.29, 0.717) is 12.1 Å². The Labute approximate surface area is 169 Å². The molecule has 146 valence electrons. The summed E-state index contributed by atoms with van der Waals surface area (Å²) >= 11 is 0. The molecule has 4 rings (SSSR count). The van der Waals surface area contributed by atoms with Crippen molar-refractivity contribution in [2.45, 2.75) is 19.8 Å². The van der Waals surface area contributed by atoms with Gasteiger partial charge in [0, 0.05) is 23.5 Å². The molecule has 0 radical (unpaired) electrons. The second kappa shape index (κ2) is 7.87.